The summed E-state index contributed by atoms with van der Waals surface area (Å²) in [6.45, 7) is 0.887. The van der Waals surface area contributed by atoms with Crippen LogP contribution in [0.4, 0.5) is 11.6 Å². The van der Waals surface area contributed by atoms with Crippen molar-refractivity contribution in [2.24, 2.45) is 5.73 Å². The van der Waals surface area contributed by atoms with Gasteiger partial charge in [-0.05, 0) is 35.4 Å². The van der Waals surface area contributed by atoms with Gasteiger partial charge in [0.15, 0.2) is 5.96 Å². The maximum atomic E-state index is 13.3. The summed E-state index contributed by atoms with van der Waals surface area (Å²) < 4.78 is 7.65. The number of nitrogens with two attached hydrogens (primary N) is 2. The lowest BCUT2D eigenvalue weighted by Crippen LogP contribution is -2.43. The number of hydrogen-bond acceptors (Lipinski definition) is 7. The van der Waals surface area contributed by atoms with Crippen molar-refractivity contribution in [3.05, 3.63) is 80.6 Å². The molecule has 0 fully saturated rings. The van der Waals surface area contributed by atoms with Gasteiger partial charge >= 0.3 is 11.4 Å². The van der Waals surface area contributed by atoms with E-state index in [0.717, 1.165) is 15.7 Å². The van der Waals surface area contributed by atoms with Crippen molar-refractivity contribution in [2.45, 2.75) is 13.1 Å². The summed E-state index contributed by atoms with van der Waals surface area (Å²) in [7, 11) is 1.58. The molecule has 3 aromatic rings. The Morgan fingerprint density at radius 2 is 1.59 bits per heavy atom. The van der Waals surface area contributed by atoms with Gasteiger partial charge in [0.05, 0.1) is 20.2 Å². The fraction of sp³-hybridized carbons (Fsp3) is 0.238. The number of anilines is 2. The topological polar surface area (TPSA) is 166 Å². The monoisotopic (exact) mass is 438 g/mol. The summed E-state index contributed by atoms with van der Waals surface area (Å²) in [6, 6.07) is 14.2. The van der Waals surface area contributed by atoms with Crippen LogP contribution < -0.4 is 38.2 Å². The zero-order valence-corrected chi connectivity index (χ0v) is 17.7. The molecule has 0 saturated carbocycles. The summed E-state index contributed by atoms with van der Waals surface area (Å²) in [6.07, 6.45) is 0. The fourth-order valence-corrected chi connectivity index (χ4v) is 3.03. The maximum Gasteiger partial charge on any atom is 0.355 e. The van der Waals surface area contributed by atoms with E-state index in [1.165, 1.54) is 4.57 Å². The number of ether oxygens (including phenoxy) is 1. The van der Waals surface area contributed by atoms with Gasteiger partial charge < -0.3 is 26.8 Å². The maximum absolute atomic E-state index is 13.3. The first kappa shape index (κ1) is 22.4. The average Bonchev–Trinajstić information content (AvgIpc) is 2.78. The van der Waals surface area contributed by atoms with Crippen LogP contribution in [0.25, 0.3) is 0 Å². The summed E-state index contributed by atoms with van der Waals surface area (Å²) in [5.74, 6) is 0.658. The van der Waals surface area contributed by atoms with E-state index in [-0.39, 0.29) is 25.0 Å². The minimum atomic E-state index is -0.667. The minimum Gasteiger partial charge on any atom is -0.497 e. The van der Waals surface area contributed by atoms with Crippen molar-refractivity contribution in [1.82, 2.24) is 19.4 Å². The lowest BCUT2D eigenvalue weighted by atomic mass is 10.2. The van der Waals surface area contributed by atoms with Crippen LogP contribution in [0.5, 0.6) is 5.75 Å². The number of methoxy groups -OCH3 is 1. The van der Waals surface area contributed by atoms with Gasteiger partial charge in [0.25, 0.3) is 0 Å². The number of nitrogen functional groups attached to an aromatic ring is 1. The summed E-state index contributed by atoms with van der Waals surface area (Å²) >= 11 is 0. The zero-order chi connectivity index (χ0) is 23.1. The van der Waals surface area contributed by atoms with Crippen molar-refractivity contribution in [1.29, 1.82) is 5.41 Å². The second kappa shape index (κ2) is 10.2. The quantitative estimate of drug-likeness (QED) is 0.135. The average molecular weight is 438 g/mol. The highest BCUT2D eigenvalue weighted by Gasteiger charge is 2.14. The van der Waals surface area contributed by atoms with Crippen LogP contribution >= 0.6 is 0 Å². The van der Waals surface area contributed by atoms with E-state index in [0.29, 0.717) is 24.5 Å². The number of benzene rings is 2. The van der Waals surface area contributed by atoms with Gasteiger partial charge in [-0.25, -0.2) is 14.2 Å². The Hall–Kier alpha value is -4.28. The van der Waals surface area contributed by atoms with Crippen LogP contribution in [0.3, 0.4) is 0 Å². The molecule has 3 rings (SSSR count). The SMILES string of the molecule is COc1ccc(Cn2c(NCCNC(=N)N)nc(=O)n(Cc3ccc(N)cc3)c2=O)cc1. The van der Waals surface area contributed by atoms with Crippen molar-refractivity contribution in [2.75, 3.05) is 31.2 Å². The molecule has 0 saturated heterocycles. The van der Waals surface area contributed by atoms with Crippen LogP contribution in [0.2, 0.25) is 0 Å². The van der Waals surface area contributed by atoms with E-state index >= 15 is 0 Å². The van der Waals surface area contributed by atoms with Crippen LogP contribution in [0, 0.1) is 5.41 Å². The Labute approximate surface area is 184 Å². The molecular weight excluding hydrogens is 412 g/mol. The molecule has 11 heteroatoms. The molecule has 0 bridgehead atoms. The van der Waals surface area contributed by atoms with Gasteiger partial charge in [-0.2, -0.15) is 4.98 Å². The number of guanidine groups is 1. The van der Waals surface area contributed by atoms with Gasteiger partial charge in [0.1, 0.15) is 5.75 Å². The number of hydrogen-bond donors (Lipinski definition) is 5. The van der Waals surface area contributed by atoms with Crippen LogP contribution in [-0.2, 0) is 13.1 Å². The minimum absolute atomic E-state index is 0.0692. The van der Waals surface area contributed by atoms with E-state index in [2.05, 4.69) is 15.6 Å². The third kappa shape index (κ3) is 5.65. The van der Waals surface area contributed by atoms with Crippen molar-refractivity contribution >= 4 is 17.6 Å². The van der Waals surface area contributed by atoms with Crippen LogP contribution in [0.1, 0.15) is 11.1 Å². The molecule has 1 aromatic heterocycles. The molecule has 0 aliphatic carbocycles. The van der Waals surface area contributed by atoms with E-state index < -0.39 is 11.4 Å². The Morgan fingerprint density at radius 1 is 1.00 bits per heavy atom. The normalized spacial score (nSPS) is 10.5. The highest BCUT2D eigenvalue weighted by Crippen LogP contribution is 2.13. The third-order valence-electron chi connectivity index (χ3n) is 4.69. The lowest BCUT2D eigenvalue weighted by Gasteiger charge is -2.16. The molecule has 0 spiro atoms. The number of nitrogens with one attached hydrogen (secondary N) is 3. The summed E-state index contributed by atoms with van der Waals surface area (Å²) in [5, 5.41) is 12.8. The highest BCUT2D eigenvalue weighted by atomic mass is 16.5. The molecule has 0 amide bonds. The van der Waals surface area contributed by atoms with Crippen LogP contribution in [-0.4, -0.2) is 40.3 Å². The fourth-order valence-electron chi connectivity index (χ4n) is 3.03. The molecule has 32 heavy (non-hydrogen) atoms. The van der Waals surface area contributed by atoms with Crippen molar-refractivity contribution < 1.29 is 4.74 Å². The van der Waals surface area contributed by atoms with Crippen molar-refractivity contribution in [3.8, 4) is 5.75 Å². The van der Waals surface area contributed by atoms with E-state index in [1.807, 2.05) is 12.1 Å². The van der Waals surface area contributed by atoms with Gasteiger partial charge in [-0.3, -0.25) is 9.98 Å². The Morgan fingerprint density at radius 3 is 2.19 bits per heavy atom. The first-order chi connectivity index (χ1) is 15.4. The number of nitrogens with zero attached hydrogens (tertiary/aromatic N) is 3. The second-order valence-electron chi connectivity index (χ2n) is 7.03. The molecule has 1 heterocycles. The summed E-state index contributed by atoms with van der Waals surface area (Å²) in [5.41, 5.74) is 12.0. The Balaban J connectivity index is 1.95. The molecule has 11 nitrogen and oxygen atoms in total. The molecule has 0 aliphatic heterocycles. The molecule has 0 atom stereocenters. The number of aromatic nitrogens is 3. The highest BCUT2D eigenvalue weighted by molar-refractivity contribution is 5.74. The third-order valence-corrected chi connectivity index (χ3v) is 4.69. The molecular formula is C21H26N8O3. The van der Waals surface area contributed by atoms with Crippen molar-refractivity contribution in [3.63, 3.8) is 0 Å². The Bertz CT molecular complexity index is 1180. The molecule has 2 aromatic carbocycles. The summed E-state index contributed by atoms with van der Waals surface area (Å²) in [4.78, 5) is 30.0. The second-order valence-corrected chi connectivity index (χ2v) is 7.03. The molecule has 0 aliphatic rings. The number of rotatable bonds is 9. The molecule has 168 valence electrons. The van der Waals surface area contributed by atoms with E-state index in [9.17, 15) is 9.59 Å². The molecule has 0 unspecified atom stereocenters. The zero-order valence-electron chi connectivity index (χ0n) is 17.7. The van der Waals surface area contributed by atoms with Gasteiger partial charge in [0.2, 0.25) is 5.95 Å². The first-order valence-corrected chi connectivity index (χ1v) is 9.88. The lowest BCUT2D eigenvalue weighted by molar-refractivity contribution is 0.414. The Kier molecular flexibility index (Phi) is 7.11. The predicted octanol–water partition coefficient (Wildman–Crippen LogP) is -0.0126. The molecule has 7 N–H and O–H groups in total. The predicted molar refractivity (Wildman–Crippen MR) is 123 cm³/mol. The van der Waals surface area contributed by atoms with Gasteiger partial charge in [-0.1, -0.05) is 24.3 Å². The molecule has 0 radical (unpaired) electrons. The smallest absolute Gasteiger partial charge is 0.355 e. The first-order valence-electron chi connectivity index (χ1n) is 9.88. The van der Waals surface area contributed by atoms with E-state index in [4.69, 9.17) is 21.6 Å². The van der Waals surface area contributed by atoms with Crippen LogP contribution in [0.15, 0.2) is 58.1 Å². The van der Waals surface area contributed by atoms with E-state index in [1.54, 1.807) is 43.5 Å². The standard InChI is InChI=1S/C21H26N8O3/c1-32-17-8-4-15(5-9-17)12-28-19(26-11-10-25-18(23)24)27-20(30)29(21(28)31)13-14-2-6-16(22)7-3-14/h2-9H,10-13,22H2,1H3,(H4,23,24,25)(H,26,27,30). The van der Waals surface area contributed by atoms with Gasteiger partial charge in [0, 0.05) is 18.8 Å². The largest absolute Gasteiger partial charge is 0.497 e. The van der Waals surface area contributed by atoms with Gasteiger partial charge in [-0.15, -0.1) is 0 Å².